The first-order valence-electron chi connectivity index (χ1n) is 15.0. The molecule has 0 amide bonds. The Bertz CT molecular complexity index is 1690. The lowest BCUT2D eigenvalue weighted by molar-refractivity contribution is -0.929. The van der Waals surface area contributed by atoms with Gasteiger partial charge in [-0.15, -0.1) is 0 Å². The van der Waals surface area contributed by atoms with E-state index in [4.69, 9.17) is 32.7 Å². The molecule has 6 rings (SSSR count). The molecule has 0 atom stereocenters. The third-order valence-corrected chi connectivity index (χ3v) is 11.2. The van der Waals surface area contributed by atoms with E-state index < -0.39 is 10.0 Å². The van der Waals surface area contributed by atoms with Gasteiger partial charge in [0.2, 0.25) is 10.0 Å². The van der Waals surface area contributed by atoms with Gasteiger partial charge >= 0.3 is 0 Å². The third kappa shape index (κ3) is 7.38. The fourth-order valence-corrected chi connectivity index (χ4v) is 8.39. The zero-order valence-electron chi connectivity index (χ0n) is 24.6. The summed E-state index contributed by atoms with van der Waals surface area (Å²) >= 11 is 13.1. The van der Waals surface area contributed by atoms with Crippen LogP contribution in [0.3, 0.4) is 0 Å². The molecule has 0 spiro atoms. The standard InChI is InChI=1S/C34H37Cl2N2O4S.BrH/c35-31-10-7-11-32(36)30(31)25-38(18-5-6-19-38)17-4-3-16-37(24-26-12-15-33-34(22-26)42-21-20-41-33)43(39,40)29-14-13-27-8-1-2-9-28(27)23-29;/h1-2,7-15,22-23H,3-6,16-21,24-25H2;1H/q+1;/p-1. The van der Waals surface area contributed by atoms with Crippen molar-refractivity contribution >= 4 is 44.0 Å². The largest absolute Gasteiger partial charge is 1.00 e. The van der Waals surface area contributed by atoms with E-state index in [0.29, 0.717) is 46.2 Å². The normalized spacial score (nSPS) is 15.8. The molecule has 0 aromatic heterocycles. The van der Waals surface area contributed by atoms with Crippen molar-refractivity contribution in [3.8, 4) is 11.5 Å². The summed E-state index contributed by atoms with van der Waals surface area (Å²) in [6.07, 6.45) is 3.99. The summed E-state index contributed by atoms with van der Waals surface area (Å²) in [5.41, 5.74) is 1.87. The van der Waals surface area contributed by atoms with Gasteiger partial charge in [0.15, 0.2) is 11.5 Å². The van der Waals surface area contributed by atoms with Crippen molar-refractivity contribution in [2.24, 2.45) is 0 Å². The lowest BCUT2D eigenvalue weighted by Crippen LogP contribution is -3.00. The van der Waals surface area contributed by atoms with Crippen LogP contribution < -0.4 is 26.5 Å². The van der Waals surface area contributed by atoms with Crippen LogP contribution in [0.2, 0.25) is 10.0 Å². The number of quaternary nitrogens is 1. The Balaban J connectivity index is 0.00000384. The number of fused-ring (bicyclic) bond motifs is 2. The quantitative estimate of drug-likeness (QED) is 0.167. The second-order valence-electron chi connectivity index (χ2n) is 11.6. The van der Waals surface area contributed by atoms with E-state index in [-0.39, 0.29) is 23.5 Å². The van der Waals surface area contributed by atoms with Gasteiger partial charge in [-0.2, -0.15) is 4.31 Å². The molecule has 1 fully saturated rings. The van der Waals surface area contributed by atoms with Crippen molar-refractivity contribution in [1.29, 1.82) is 0 Å². The molecule has 44 heavy (non-hydrogen) atoms. The average molecular weight is 721 g/mol. The number of benzene rings is 4. The Morgan fingerprint density at radius 1 is 0.773 bits per heavy atom. The molecule has 234 valence electrons. The maximum atomic E-state index is 14.1. The van der Waals surface area contributed by atoms with Crippen molar-refractivity contribution in [3.63, 3.8) is 0 Å². The van der Waals surface area contributed by atoms with Crippen LogP contribution in [-0.4, -0.2) is 56.6 Å². The van der Waals surface area contributed by atoms with Gasteiger partial charge in [0.1, 0.15) is 19.8 Å². The highest BCUT2D eigenvalue weighted by molar-refractivity contribution is 7.89. The Morgan fingerprint density at radius 2 is 1.48 bits per heavy atom. The zero-order chi connectivity index (χ0) is 29.9. The van der Waals surface area contributed by atoms with E-state index in [2.05, 4.69) is 0 Å². The van der Waals surface area contributed by atoms with Crippen molar-refractivity contribution in [3.05, 3.63) is 100 Å². The molecule has 0 saturated carbocycles. The summed E-state index contributed by atoms with van der Waals surface area (Å²) < 4.78 is 42.3. The first-order chi connectivity index (χ1) is 20.8. The molecule has 10 heteroatoms. The van der Waals surface area contributed by atoms with Gasteiger partial charge in [-0.1, -0.05) is 65.7 Å². The fraction of sp³-hybridized carbons (Fsp3) is 0.353. The van der Waals surface area contributed by atoms with Crippen LogP contribution in [0.5, 0.6) is 11.5 Å². The monoisotopic (exact) mass is 718 g/mol. The number of halogens is 3. The van der Waals surface area contributed by atoms with E-state index in [1.807, 2.05) is 66.7 Å². The van der Waals surface area contributed by atoms with Crippen molar-refractivity contribution < 1.29 is 39.4 Å². The molecule has 4 aromatic rings. The maximum Gasteiger partial charge on any atom is 0.243 e. The molecule has 0 bridgehead atoms. The molecular formula is C34H37BrCl2N2O4S. The summed E-state index contributed by atoms with van der Waals surface area (Å²) in [5.74, 6) is 1.35. The predicted molar refractivity (Wildman–Crippen MR) is 172 cm³/mol. The van der Waals surface area contributed by atoms with Crippen molar-refractivity contribution in [1.82, 2.24) is 4.31 Å². The fourth-order valence-electron chi connectivity index (χ4n) is 6.37. The molecule has 6 nitrogen and oxygen atoms in total. The van der Waals surface area contributed by atoms with Crippen molar-refractivity contribution in [2.75, 3.05) is 39.4 Å². The van der Waals surface area contributed by atoms with Crippen LogP contribution in [0.25, 0.3) is 10.8 Å². The van der Waals surface area contributed by atoms with Gasteiger partial charge in [-0.3, -0.25) is 0 Å². The molecule has 2 heterocycles. The molecule has 4 aromatic carbocycles. The van der Waals surface area contributed by atoms with Crippen LogP contribution in [0, 0.1) is 0 Å². The topological polar surface area (TPSA) is 55.8 Å². The van der Waals surface area contributed by atoms with E-state index in [1.165, 1.54) is 12.8 Å². The summed E-state index contributed by atoms with van der Waals surface area (Å²) in [6, 6.07) is 24.6. The van der Waals surface area contributed by atoms with Gasteiger partial charge < -0.3 is 30.9 Å². The van der Waals surface area contributed by atoms with Crippen molar-refractivity contribution in [2.45, 2.75) is 43.7 Å². The molecule has 1 saturated heterocycles. The summed E-state index contributed by atoms with van der Waals surface area (Å²) in [4.78, 5) is 0.306. The molecule has 2 aliphatic rings. The first kappa shape index (κ1) is 33.0. The highest BCUT2D eigenvalue weighted by Gasteiger charge is 2.33. The number of hydrogen-bond acceptors (Lipinski definition) is 4. The molecule has 0 aliphatic carbocycles. The van der Waals surface area contributed by atoms with Gasteiger partial charge in [0.05, 0.1) is 34.6 Å². The zero-order valence-corrected chi connectivity index (χ0v) is 28.5. The SMILES string of the molecule is O=S(=O)(c1ccc2ccccc2c1)N(CCCC[N+]1(Cc2c(Cl)cccc2Cl)CCCC1)Cc1ccc2c(c1)OCCO2.[Br-]. The number of likely N-dealkylation sites (tertiary alicyclic amines) is 1. The highest BCUT2D eigenvalue weighted by atomic mass is 79.9. The Morgan fingerprint density at radius 3 is 2.23 bits per heavy atom. The summed E-state index contributed by atoms with van der Waals surface area (Å²) in [7, 11) is -3.77. The number of hydrogen-bond donors (Lipinski definition) is 0. The number of rotatable bonds is 11. The van der Waals surface area contributed by atoms with Gasteiger partial charge in [0.25, 0.3) is 0 Å². The third-order valence-electron chi connectivity index (χ3n) is 8.68. The van der Waals surface area contributed by atoms with Crippen LogP contribution in [0.1, 0.15) is 36.8 Å². The Hall–Kier alpha value is -2.33. The van der Waals surface area contributed by atoms with E-state index in [9.17, 15) is 8.42 Å². The average Bonchev–Trinajstić information content (AvgIpc) is 3.49. The number of ether oxygens (including phenoxy) is 2. The first-order valence-corrected chi connectivity index (χ1v) is 17.2. The van der Waals surface area contributed by atoms with Gasteiger partial charge in [-0.25, -0.2) is 8.42 Å². The molecular weight excluding hydrogens is 683 g/mol. The second kappa shape index (κ2) is 14.4. The minimum Gasteiger partial charge on any atom is -1.00 e. The molecule has 0 unspecified atom stereocenters. The highest BCUT2D eigenvalue weighted by Crippen LogP contribution is 2.34. The van der Waals surface area contributed by atoms with Crippen LogP contribution in [-0.2, 0) is 23.1 Å². The summed E-state index contributed by atoms with van der Waals surface area (Å²) in [5, 5.41) is 3.34. The lowest BCUT2D eigenvalue weighted by atomic mass is 10.1. The second-order valence-corrected chi connectivity index (χ2v) is 14.4. The molecule has 2 aliphatic heterocycles. The smallest absolute Gasteiger partial charge is 0.243 e. The molecule has 0 N–H and O–H groups in total. The van der Waals surface area contributed by atoms with E-state index >= 15 is 0 Å². The van der Waals surface area contributed by atoms with E-state index in [0.717, 1.165) is 65.4 Å². The number of nitrogens with zero attached hydrogens (tertiary/aromatic N) is 2. The van der Waals surface area contributed by atoms with Crippen LogP contribution >= 0.6 is 23.2 Å². The number of sulfonamides is 1. The minimum absolute atomic E-state index is 0. The minimum atomic E-state index is -3.77. The maximum absolute atomic E-state index is 14.1. The van der Waals surface area contributed by atoms with E-state index in [1.54, 1.807) is 16.4 Å². The Labute approximate surface area is 280 Å². The summed E-state index contributed by atoms with van der Waals surface area (Å²) in [6.45, 7) is 5.57. The van der Waals surface area contributed by atoms with Gasteiger partial charge in [-0.05, 0) is 65.6 Å². The van der Waals surface area contributed by atoms with Gasteiger partial charge in [0, 0.05) is 31.5 Å². The van der Waals surface area contributed by atoms with Crippen LogP contribution in [0.4, 0.5) is 0 Å². The number of unbranched alkanes of at least 4 members (excludes halogenated alkanes) is 1. The predicted octanol–water partition coefficient (Wildman–Crippen LogP) is 4.70. The molecule has 0 radical (unpaired) electrons. The van der Waals surface area contributed by atoms with Crippen LogP contribution in [0.15, 0.2) is 83.8 Å². The Kier molecular flexibility index (Phi) is 10.8. The lowest BCUT2D eigenvalue weighted by Gasteiger charge is -2.35.